The molecule has 0 saturated heterocycles. The van der Waals surface area contributed by atoms with Crippen molar-refractivity contribution in [1.29, 1.82) is 0 Å². The minimum absolute atomic E-state index is 0.0197. The Labute approximate surface area is 107 Å². The number of likely N-dealkylation sites (N-methyl/N-ethyl adjacent to an activating group) is 2. The summed E-state index contributed by atoms with van der Waals surface area (Å²) in [6.45, 7) is 4.14. The molecule has 0 rings (SSSR count). The molecule has 0 saturated carbocycles. The van der Waals surface area contributed by atoms with Crippen LogP contribution in [0, 0.1) is 5.92 Å². The van der Waals surface area contributed by atoms with Crippen LogP contribution in [0.1, 0.15) is 20.3 Å². The van der Waals surface area contributed by atoms with Crippen molar-refractivity contribution in [3.05, 3.63) is 0 Å². The predicted octanol–water partition coefficient (Wildman–Crippen LogP) is -0.125. The summed E-state index contributed by atoms with van der Waals surface area (Å²) < 4.78 is 0. The minimum Gasteiger partial charge on any atom is -0.481 e. The molecule has 0 heterocycles. The Bertz CT molecular complexity index is 307. The van der Waals surface area contributed by atoms with E-state index in [0.717, 1.165) is 0 Å². The number of amides is 3. The van der Waals surface area contributed by atoms with E-state index in [1.54, 1.807) is 13.8 Å². The number of nitrogens with one attached hydrogen (secondary N) is 2. The van der Waals surface area contributed by atoms with Crippen molar-refractivity contribution in [1.82, 2.24) is 15.5 Å². The largest absolute Gasteiger partial charge is 0.481 e. The van der Waals surface area contributed by atoms with E-state index >= 15 is 0 Å². The van der Waals surface area contributed by atoms with E-state index in [0.29, 0.717) is 13.0 Å². The van der Waals surface area contributed by atoms with E-state index in [4.69, 9.17) is 5.11 Å². The van der Waals surface area contributed by atoms with Crippen LogP contribution in [0.2, 0.25) is 0 Å². The van der Waals surface area contributed by atoms with Gasteiger partial charge in [-0.2, -0.15) is 0 Å². The maximum Gasteiger partial charge on any atom is 0.317 e. The molecule has 0 fully saturated rings. The molecule has 0 aliphatic heterocycles. The van der Waals surface area contributed by atoms with Crippen LogP contribution in [0.5, 0.6) is 0 Å². The van der Waals surface area contributed by atoms with Crippen LogP contribution in [-0.2, 0) is 9.59 Å². The number of hydrogen-bond acceptors (Lipinski definition) is 3. The second-order valence-electron chi connectivity index (χ2n) is 4.07. The fourth-order valence-corrected chi connectivity index (χ4v) is 1.19. The highest BCUT2D eigenvalue weighted by Gasteiger charge is 2.14. The number of rotatable bonds is 7. The second kappa shape index (κ2) is 8.32. The van der Waals surface area contributed by atoms with Gasteiger partial charge in [0.1, 0.15) is 6.54 Å². The molecule has 0 aromatic heterocycles. The molecule has 3 amide bonds. The Morgan fingerprint density at radius 2 is 1.89 bits per heavy atom. The minimum atomic E-state index is -0.889. The summed E-state index contributed by atoms with van der Waals surface area (Å²) in [7, 11) is 1.51. The third-order valence-electron chi connectivity index (χ3n) is 2.38. The summed E-state index contributed by atoms with van der Waals surface area (Å²) in [5, 5.41) is 13.8. The van der Waals surface area contributed by atoms with Crippen molar-refractivity contribution in [3.8, 4) is 0 Å². The van der Waals surface area contributed by atoms with Gasteiger partial charge in [0, 0.05) is 20.1 Å². The van der Waals surface area contributed by atoms with Gasteiger partial charge in [-0.15, -0.1) is 0 Å². The summed E-state index contributed by atoms with van der Waals surface area (Å²) in [6, 6.07) is -0.390. The first kappa shape index (κ1) is 16.2. The highest BCUT2D eigenvalue weighted by atomic mass is 16.4. The average molecular weight is 259 g/mol. The molecule has 1 unspecified atom stereocenters. The summed E-state index contributed by atoms with van der Waals surface area (Å²) >= 11 is 0. The Hall–Kier alpha value is -1.79. The van der Waals surface area contributed by atoms with Crippen molar-refractivity contribution < 1.29 is 19.5 Å². The molecule has 1 atom stereocenters. The molecular formula is C11H21N3O4. The molecule has 0 aliphatic rings. The normalized spacial score (nSPS) is 11.5. The first-order valence-corrected chi connectivity index (χ1v) is 5.87. The van der Waals surface area contributed by atoms with E-state index in [1.165, 1.54) is 11.9 Å². The molecule has 0 aromatic rings. The van der Waals surface area contributed by atoms with Gasteiger partial charge in [0.05, 0.1) is 5.92 Å². The van der Waals surface area contributed by atoms with Gasteiger partial charge in [-0.05, 0) is 13.3 Å². The van der Waals surface area contributed by atoms with Gasteiger partial charge in [0.15, 0.2) is 0 Å². The van der Waals surface area contributed by atoms with E-state index < -0.39 is 11.9 Å². The van der Waals surface area contributed by atoms with E-state index in [-0.39, 0.29) is 25.0 Å². The molecule has 18 heavy (non-hydrogen) atoms. The lowest BCUT2D eigenvalue weighted by atomic mass is 10.1. The van der Waals surface area contributed by atoms with Crippen molar-refractivity contribution in [2.24, 2.45) is 5.92 Å². The van der Waals surface area contributed by atoms with Crippen LogP contribution >= 0.6 is 0 Å². The van der Waals surface area contributed by atoms with E-state index in [9.17, 15) is 14.4 Å². The molecule has 7 nitrogen and oxygen atoms in total. The zero-order valence-electron chi connectivity index (χ0n) is 11.0. The maximum atomic E-state index is 11.5. The van der Waals surface area contributed by atoms with Crippen LogP contribution in [0.4, 0.5) is 4.79 Å². The lowest BCUT2D eigenvalue weighted by molar-refractivity contribution is -0.141. The van der Waals surface area contributed by atoms with Crippen LogP contribution in [0.25, 0.3) is 0 Å². The van der Waals surface area contributed by atoms with Gasteiger partial charge in [-0.1, -0.05) is 6.92 Å². The van der Waals surface area contributed by atoms with Crippen LogP contribution < -0.4 is 10.6 Å². The van der Waals surface area contributed by atoms with Gasteiger partial charge in [0.25, 0.3) is 0 Å². The third-order valence-corrected chi connectivity index (χ3v) is 2.38. The Balaban J connectivity index is 3.88. The van der Waals surface area contributed by atoms with Crippen LogP contribution in [0.15, 0.2) is 0 Å². The predicted molar refractivity (Wildman–Crippen MR) is 66.1 cm³/mol. The number of carbonyl (C=O) groups is 3. The molecule has 0 aliphatic carbocycles. The fraction of sp³-hybridized carbons (Fsp3) is 0.727. The first-order chi connectivity index (χ1) is 8.38. The molecule has 0 bridgehead atoms. The summed E-state index contributed by atoms with van der Waals surface area (Å²) in [4.78, 5) is 34.5. The van der Waals surface area contributed by atoms with Gasteiger partial charge in [-0.25, -0.2) is 4.79 Å². The fourth-order valence-electron chi connectivity index (χ4n) is 1.19. The van der Waals surface area contributed by atoms with Crippen LogP contribution in [0.3, 0.4) is 0 Å². The summed E-state index contributed by atoms with van der Waals surface area (Å²) in [5.41, 5.74) is 0. The topological polar surface area (TPSA) is 98.7 Å². The molecule has 0 spiro atoms. The zero-order chi connectivity index (χ0) is 14.1. The smallest absolute Gasteiger partial charge is 0.317 e. The molecule has 7 heteroatoms. The average Bonchev–Trinajstić information content (AvgIpc) is 2.28. The molecule has 3 N–H and O–H groups in total. The van der Waals surface area contributed by atoms with Gasteiger partial charge in [-0.3, -0.25) is 9.59 Å². The van der Waals surface area contributed by atoms with Crippen molar-refractivity contribution >= 4 is 17.9 Å². The lowest BCUT2D eigenvalue weighted by Crippen LogP contribution is -2.43. The number of hydrogen-bond donors (Lipinski definition) is 3. The Morgan fingerprint density at radius 1 is 1.28 bits per heavy atom. The van der Waals surface area contributed by atoms with E-state index in [1.807, 2.05) is 0 Å². The molecule has 0 aromatic carbocycles. The number of nitrogens with zero attached hydrogens (tertiary/aromatic N) is 1. The molecule has 104 valence electrons. The van der Waals surface area contributed by atoms with E-state index in [2.05, 4.69) is 10.6 Å². The quantitative estimate of drug-likeness (QED) is 0.593. The number of carbonyl (C=O) groups excluding carboxylic acids is 2. The summed E-state index contributed by atoms with van der Waals surface area (Å²) in [5.74, 6) is -1.62. The number of carboxylic acid groups (broad SMARTS) is 1. The number of urea groups is 1. The molecular weight excluding hydrogens is 238 g/mol. The Kier molecular flexibility index (Phi) is 7.50. The lowest BCUT2D eigenvalue weighted by Gasteiger charge is -2.17. The highest BCUT2D eigenvalue weighted by molar-refractivity contribution is 5.83. The number of aliphatic carboxylic acids is 1. The summed E-state index contributed by atoms with van der Waals surface area (Å²) in [6.07, 6.45) is 0.357. The SMILES string of the molecule is CCNC(=O)CN(C)C(=O)NCCC(C)C(=O)O. The first-order valence-electron chi connectivity index (χ1n) is 5.87. The zero-order valence-corrected chi connectivity index (χ0v) is 11.0. The van der Waals surface area contributed by atoms with Gasteiger partial charge >= 0.3 is 12.0 Å². The molecule has 0 radical (unpaired) electrons. The van der Waals surface area contributed by atoms with Crippen molar-refractivity contribution in [2.45, 2.75) is 20.3 Å². The second-order valence-corrected chi connectivity index (χ2v) is 4.07. The highest BCUT2D eigenvalue weighted by Crippen LogP contribution is 1.99. The van der Waals surface area contributed by atoms with Crippen LogP contribution in [-0.4, -0.2) is 54.6 Å². The van der Waals surface area contributed by atoms with Crippen molar-refractivity contribution in [2.75, 3.05) is 26.7 Å². The van der Waals surface area contributed by atoms with Gasteiger partial charge < -0.3 is 20.6 Å². The third kappa shape index (κ3) is 6.72. The Morgan fingerprint density at radius 3 is 2.39 bits per heavy atom. The van der Waals surface area contributed by atoms with Crippen molar-refractivity contribution in [3.63, 3.8) is 0 Å². The number of carboxylic acids is 1. The van der Waals surface area contributed by atoms with Gasteiger partial charge in [0.2, 0.25) is 5.91 Å². The monoisotopic (exact) mass is 259 g/mol. The standard InChI is InChI=1S/C11H21N3O4/c1-4-12-9(15)7-14(3)11(18)13-6-5-8(2)10(16)17/h8H,4-7H2,1-3H3,(H,12,15)(H,13,18)(H,16,17). The maximum absolute atomic E-state index is 11.5.